The summed E-state index contributed by atoms with van der Waals surface area (Å²) in [6, 6.07) is 13.3. The van der Waals surface area contributed by atoms with E-state index in [9.17, 15) is 0 Å². The van der Waals surface area contributed by atoms with Crippen LogP contribution in [0.5, 0.6) is 17.2 Å². The summed E-state index contributed by atoms with van der Waals surface area (Å²) in [6.07, 6.45) is 3.47. The second-order valence-electron chi connectivity index (χ2n) is 5.22. The minimum Gasteiger partial charge on any atom is -0.497 e. The normalized spacial score (nSPS) is 12.7. The second-order valence-corrected chi connectivity index (χ2v) is 5.22. The molecule has 0 bridgehead atoms. The standard InChI is InChI=1S/C18H15N3O3/c1-22-13-3-4-14-15(6-7-19-16(14)9-13)21-20-10-12-2-5-17-18(8-12)24-11-23-17/h2-10H,11H2,1H3,(H,19,21)/b20-10+. The average molecular weight is 321 g/mol. The van der Waals surface area contributed by atoms with Gasteiger partial charge < -0.3 is 14.2 Å². The lowest BCUT2D eigenvalue weighted by Gasteiger charge is -2.06. The first kappa shape index (κ1) is 14.3. The van der Waals surface area contributed by atoms with E-state index in [1.54, 1.807) is 19.5 Å². The first-order chi connectivity index (χ1) is 11.8. The number of anilines is 1. The molecule has 0 saturated carbocycles. The molecule has 0 radical (unpaired) electrons. The number of hydrazone groups is 1. The highest BCUT2D eigenvalue weighted by Gasteiger charge is 2.12. The smallest absolute Gasteiger partial charge is 0.231 e. The van der Waals surface area contributed by atoms with E-state index < -0.39 is 0 Å². The number of hydrogen-bond donors (Lipinski definition) is 1. The van der Waals surface area contributed by atoms with Gasteiger partial charge in [-0.25, -0.2) is 0 Å². The molecule has 0 aliphatic carbocycles. The van der Waals surface area contributed by atoms with Crippen LogP contribution in [0.4, 0.5) is 5.69 Å². The van der Waals surface area contributed by atoms with Gasteiger partial charge in [0.25, 0.3) is 0 Å². The predicted molar refractivity (Wildman–Crippen MR) is 92.1 cm³/mol. The second kappa shape index (κ2) is 6.08. The Balaban J connectivity index is 1.56. The van der Waals surface area contributed by atoms with E-state index in [2.05, 4.69) is 15.5 Å². The van der Waals surface area contributed by atoms with E-state index >= 15 is 0 Å². The maximum Gasteiger partial charge on any atom is 0.231 e. The first-order valence-corrected chi connectivity index (χ1v) is 7.45. The van der Waals surface area contributed by atoms with Gasteiger partial charge in [-0.3, -0.25) is 10.4 Å². The number of ether oxygens (including phenoxy) is 3. The molecule has 1 aliphatic heterocycles. The molecule has 6 heteroatoms. The number of methoxy groups -OCH3 is 1. The van der Waals surface area contributed by atoms with E-state index in [-0.39, 0.29) is 6.79 Å². The molecule has 3 aromatic rings. The molecule has 0 atom stereocenters. The average Bonchev–Trinajstić information content (AvgIpc) is 3.09. The zero-order chi connectivity index (χ0) is 16.4. The number of fused-ring (bicyclic) bond motifs is 2. The number of hydrogen-bond acceptors (Lipinski definition) is 6. The third-order valence-corrected chi connectivity index (χ3v) is 3.75. The van der Waals surface area contributed by atoms with E-state index in [1.807, 2.05) is 42.5 Å². The van der Waals surface area contributed by atoms with Crippen molar-refractivity contribution in [1.82, 2.24) is 4.98 Å². The predicted octanol–water partition coefficient (Wildman–Crippen LogP) is 3.42. The number of rotatable bonds is 4. The van der Waals surface area contributed by atoms with Crippen molar-refractivity contribution in [1.29, 1.82) is 0 Å². The van der Waals surface area contributed by atoms with Crippen molar-refractivity contribution in [3.8, 4) is 17.2 Å². The van der Waals surface area contributed by atoms with Crippen LogP contribution in [0.1, 0.15) is 5.56 Å². The van der Waals surface area contributed by atoms with Gasteiger partial charge in [0, 0.05) is 17.6 Å². The van der Waals surface area contributed by atoms with Gasteiger partial charge in [-0.2, -0.15) is 5.10 Å². The van der Waals surface area contributed by atoms with Crippen LogP contribution in [0.2, 0.25) is 0 Å². The van der Waals surface area contributed by atoms with Crippen LogP contribution in [-0.2, 0) is 0 Å². The Morgan fingerprint density at radius 3 is 2.96 bits per heavy atom. The molecule has 0 spiro atoms. The molecule has 1 aliphatic rings. The lowest BCUT2D eigenvalue weighted by molar-refractivity contribution is 0.174. The molecule has 4 rings (SSSR count). The fourth-order valence-corrected chi connectivity index (χ4v) is 2.52. The largest absolute Gasteiger partial charge is 0.497 e. The zero-order valence-corrected chi connectivity index (χ0v) is 13.0. The minimum atomic E-state index is 0.265. The van der Waals surface area contributed by atoms with E-state index in [0.717, 1.165) is 39.4 Å². The van der Waals surface area contributed by atoms with Crippen LogP contribution in [0, 0.1) is 0 Å². The van der Waals surface area contributed by atoms with Crippen molar-refractivity contribution in [3.63, 3.8) is 0 Å². The lowest BCUT2D eigenvalue weighted by atomic mass is 10.2. The van der Waals surface area contributed by atoms with Crippen LogP contribution >= 0.6 is 0 Å². The van der Waals surface area contributed by atoms with Crippen molar-refractivity contribution in [2.75, 3.05) is 19.3 Å². The summed E-state index contributed by atoms with van der Waals surface area (Å²) in [7, 11) is 1.64. The molecular weight excluding hydrogens is 306 g/mol. The Morgan fingerprint density at radius 2 is 2.04 bits per heavy atom. The summed E-state index contributed by atoms with van der Waals surface area (Å²) in [5.74, 6) is 2.27. The van der Waals surface area contributed by atoms with Crippen LogP contribution in [0.15, 0.2) is 53.8 Å². The van der Waals surface area contributed by atoms with Crippen molar-refractivity contribution in [2.24, 2.45) is 5.10 Å². The molecule has 1 N–H and O–H groups in total. The first-order valence-electron chi connectivity index (χ1n) is 7.45. The number of benzene rings is 2. The van der Waals surface area contributed by atoms with Crippen molar-refractivity contribution < 1.29 is 14.2 Å². The van der Waals surface area contributed by atoms with Gasteiger partial charge in [0.1, 0.15) is 5.75 Å². The Bertz CT molecular complexity index is 925. The molecular formula is C18H15N3O3. The van der Waals surface area contributed by atoms with Crippen LogP contribution in [-0.4, -0.2) is 25.1 Å². The Morgan fingerprint density at radius 1 is 1.12 bits per heavy atom. The molecule has 2 aromatic carbocycles. The summed E-state index contributed by atoms with van der Waals surface area (Å²) >= 11 is 0. The molecule has 0 fully saturated rings. The fourth-order valence-electron chi connectivity index (χ4n) is 2.52. The van der Waals surface area contributed by atoms with E-state index in [1.165, 1.54) is 0 Å². The van der Waals surface area contributed by atoms with Gasteiger partial charge in [0.05, 0.1) is 24.5 Å². The van der Waals surface area contributed by atoms with Crippen molar-refractivity contribution in [2.45, 2.75) is 0 Å². The van der Waals surface area contributed by atoms with Gasteiger partial charge in [-0.05, 0) is 42.0 Å². The van der Waals surface area contributed by atoms with Crippen LogP contribution in [0.3, 0.4) is 0 Å². The Kier molecular flexibility index (Phi) is 3.63. The molecule has 2 heterocycles. The molecule has 0 saturated heterocycles. The molecule has 120 valence electrons. The summed E-state index contributed by atoms with van der Waals surface area (Å²) in [5.41, 5.74) is 5.70. The topological polar surface area (TPSA) is 65.0 Å². The Labute approximate surface area is 138 Å². The van der Waals surface area contributed by atoms with Gasteiger partial charge >= 0.3 is 0 Å². The van der Waals surface area contributed by atoms with Gasteiger partial charge in [-0.1, -0.05) is 0 Å². The number of nitrogens with zero attached hydrogens (tertiary/aromatic N) is 2. The van der Waals surface area contributed by atoms with Crippen molar-refractivity contribution >= 4 is 22.8 Å². The van der Waals surface area contributed by atoms with Crippen LogP contribution in [0.25, 0.3) is 10.9 Å². The highest BCUT2D eigenvalue weighted by atomic mass is 16.7. The van der Waals surface area contributed by atoms with Gasteiger partial charge in [0.2, 0.25) is 6.79 Å². The zero-order valence-electron chi connectivity index (χ0n) is 13.0. The third kappa shape index (κ3) is 2.69. The molecule has 0 unspecified atom stereocenters. The van der Waals surface area contributed by atoms with Crippen LogP contribution < -0.4 is 19.6 Å². The molecule has 6 nitrogen and oxygen atoms in total. The fraction of sp³-hybridized carbons (Fsp3) is 0.111. The molecule has 24 heavy (non-hydrogen) atoms. The summed E-state index contributed by atoms with van der Waals surface area (Å²) in [4.78, 5) is 4.35. The Hall–Kier alpha value is -3.28. The highest BCUT2D eigenvalue weighted by molar-refractivity contribution is 5.92. The van der Waals surface area contributed by atoms with E-state index in [0.29, 0.717) is 0 Å². The minimum absolute atomic E-state index is 0.265. The van der Waals surface area contributed by atoms with Gasteiger partial charge in [-0.15, -0.1) is 0 Å². The van der Waals surface area contributed by atoms with Crippen molar-refractivity contribution in [3.05, 3.63) is 54.2 Å². The lowest BCUT2D eigenvalue weighted by Crippen LogP contribution is -1.93. The quantitative estimate of drug-likeness (QED) is 0.589. The van der Waals surface area contributed by atoms with E-state index in [4.69, 9.17) is 14.2 Å². The summed E-state index contributed by atoms with van der Waals surface area (Å²) < 4.78 is 15.9. The molecule has 0 amide bonds. The number of aromatic nitrogens is 1. The SMILES string of the molecule is COc1ccc2c(N/N=C/c3ccc4c(c3)OCO4)ccnc2c1. The maximum atomic E-state index is 5.36. The summed E-state index contributed by atoms with van der Waals surface area (Å²) in [6.45, 7) is 0.265. The summed E-state index contributed by atoms with van der Waals surface area (Å²) in [5, 5.41) is 5.27. The third-order valence-electron chi connectivity index (χ3n) is 3.75. The molecule has 1 aromatic heterocycles. The highest BCUT2D eigenvalue weighted by Crippen LogP contribution is 2.32. The monoisotopic (exact) mass is 321 g/mol. The maximum absolute atomic E-state index is 5.36. The van der Waals surface area contributed by atoms with Gasteiger partial charge in [0.15, 0.2) is 11.5 Å². The number of pyridine rings is 1. The number of nitrogens with one attached hydrogen (secondary N) is 1.